The highest BCUT2D eigenvalue weighted by atomic mass is 32.2. The number of halogens is 1. The molecule has 33 heavy (non-hydrogen) atoms. The van der Waals surface area contributed by atoms with E-state index in [-0.39, 0.29) is 28.5 Å². The number of carbonyl (C=O) groups excluding carboxylic acids is 1. The zero-order valence-corrected chi connectivity index (χ0v) is 21.3. The van der Waals surface area contributed by atoms with Gasteiger partial charge in [-0.1, -0.05) is 39.5 Å². The molecule has 180 valence electrons. The first kappa shape index (κ1) is 25.7. The van der Waals surface area contributed by atoms with Crippen molar-refractivity contribution in [3.8, 4) is 0 Å². The number of sulfonamides is 1. The van der Waals surface area contributed by atoms with Gasteiger partial charge in [0.25, 0.3) is 5.91 Å². The van der Waals surface area contributed by atoms with E-state index in [1.54, 1.807) is 24.3 Å². The minimum atomic E-state index is -3.72. The standard InChI is InChI=1S/C25H33FN2O3S2/c1-17(2)11-12-27-25(29)23-14-22(33(30,31)28-15-18(3)13-19(4)16-28)9-10-24(23)32-21-7-5-20(26)6-8-21/h5-10,14,17-19H,11-13,15-16H2,1-4H3,(H,27,29)/t18-,19-/m1/s1. The Kier molecular flexibility index (Phi) is 8.59. The second-order valence-electron chi connectivity index (χ2n) is 9.42. The molecule has 1 heterocycles. The maximum Gasteiger partial charge on any atom is 0.252 e. The zero-order chi connectivity index (χ0) is 24.2. The van der Waals surface area contributed by atoms with Crippen LogP contribution in [0.1, 0.15) is 50.9 Å². The van der Waals surface area contributed by atoms with E-state index in [4.69, 9.17) is 0 Å². The third kappa shape index (κ3) is 6.80. The molecule has 0 bridgehead atoms. The highest BCUT2D eigenvalue weighted by molar-refractivity contribution is 7.99. The van der Waals surface area contributed by atoms with Crippen molar-refractivity contribution in [1.29, 1.82) is 0 Å². The Hall–Kier alpha value is -1.90. The number of nitrogens with zero attached hydrogens (tertiary/aromatic N) is 1. The van der Waals surface area contributed by atoms with Crippen molar-refractivity contribution < 1.29 is 17.6 Å². The number of carbonyl (C=O) groups is 1. The molecule has 8 heteroatoms. The van der Waals surface area contributed by atoms with Gasteiger partial charge in [-0.3, -0.25) is 4.79 Å². The highest BCUT2D eigenvalue weighted by Gasteiger charge is 2.32. The lowest BCUT2D eigenvalue weighted by molar-refractivity contribution is 0.0949. The molecule has 2 aromatic carbocycles. The molecular formula is C25H33FN2O3S2. The number of amides is 1. The quantitative estimate of drug-likeness (QED) is 0.534. The number of nitrogens with one attached hydrogen (secondary N) is 1. The van der Waals surface area contributed by atoms with E-state index in [2.05, 4.69) is 33.0 Å². The summed E-state index contributed by atoms with van der Waals surface area (Å²) in [5, 5.41) is 2.92. The molecular weight excluding hydrogens is 459 g/mol. The van der Waals surface area contributed by atoms with Crippen LogP contribution in [0.2, 0.25) is 0 Å². The molecule has 0 unspecified atom stereocenters. The first-order valence-electron chi connectivity index (χ1n) is 11.4. The predicted molar refractivity (Wildman–Crippen MR) is 130 cm³/mol. The molecule has 0 aliphatic carbocycles. The molecule has 3 rings (SSSR count). The minimum absolute atomic E-state index is 0.126. The average Bonchev–Trinajstić information content (AvgIpc) is 2.74. The fourth-order valence-electron chi connectivity index (χ4n) is 4.09. The molecule has 1 amide bonds. The third-order valence-electron chi connectivity index (χ3n) is 5.72. The molecule has 2 aromatic rings. The van der Waals surface area contributed by atoms with Crippen LogP contribution in [0.5, 0.6) is 0 Å². The highest BCUT2D eigenvalue weighted by Crippen LogP contribution is 2.34. The molecule has 1 fully saturated rings. The molecule has 2 atom stereocenters. The van der Waals surface area contributed by atoms with Gasteiger partial charge in [-0.2, -0.15) is 4.31 Å². The van der Waals surface area contributed by atoms with Gasteiger partial charge in [0.1, 0.15) is 5.82 Å². The summed E-state index contributed by atoms with van der Waals surface area (Å²) in [6.45, 7) is 9.76. The van der Waals surface area contributed by atoms with Crippen molar-refractivity contribution in [2.45, 2.75) is 55.2 Å². The van der Waals surface area contributed by atoms with Crippen molar-refractivity contribution in [2.24, 2.45) is 17.8 Å². The van der Waals surface area contributed by atoms with Gasteiger partial charge in [0, 0.05) is 29.4 Å². The number of rotatable bonds is 8. The predicted octanol–water partition coefficient (Wildman–Crippen LogP) is 5.42. The summed E-state index contributed by atoms with van der Waals surface area (Å²) in [6.07, 6.45) is 1.83. The summed E-state index contributed by atoms with van der Waals surface area (Å²) in [4.78, 5) is 14.6. The normalized spacial score (nSPS) is 19.6. The number of benzene rings is 2. The van der Waals surface area contributed by atoms with Gasteiger partial charge in [0.2, 0.25) is 10.0 Å². The van der Waals surface area contributed by atoms with Crippen LogP contribution < -0.4 is 5.32 Å². The maximum absolute atomic E-state index is 13.4. The van der Waals surface area contributed by atoms with Crippen molar-refractivity contribution in [3.05, 3.63) is 53.8 Å². The monoisotopic (exact) mass is 492 g/mol. The molecule has 1 aliphatic rings. The van der Waals surface area contributed by atoms with E-state index in [0.29, 0.717) is 36.0 Å². The number of piperidine rings is 1. The Bertz CT molecular complexity index is 1060. The summed E-state index contributed by atoms with van der Waals surface area (Å²) >= 11 is 1.31. The summed E-state index contributed by atoms with van der Waals surface area (Å²) in [7, 11) is -3.72. The van der Waals surface area contributed by atoms with Gasteiger partial charge in [-0.25, -0.2) is 12.8 Å². The second-order valence-corrected chi connectivity index (χ2v) is 12.5. The van der Waals surface area contributed by atoms with Crippen LogP contribution in [0, 0.1) is 23.6 Å². The zero-order valence-electron chi connectivity index (χ0n) is 19.7. The van der Waals surface area contributed by atoms with Crippen LogP contribution in [0.3, 0.4) is 0 Å². The van der Waals surface area contributed by atoms with Gasteiger partial charge in [0.15, 0.2) is 0 Å². The minimum Gasteiger partial charge on any atom is -0.352 e. The van der Waals surface area contributed by atoms with Crippen LogP contribution in [-0.4, -0.2) is 38.3 Å². The van der Waals surface area contributed by atoms with Crippen molar-refractivity contribution in [3.63, 3.8) is 0 Å². The second kappa shape index (κ2) is 11.0. The van der Waals surface area contributed by atoms with Gasteiger partial charge in [-0.05, 0) is 73.1 Å². The first-order valence-corrected chi connectivity index (χ1v) is 13.7. The number of hydrogen-bond acceptors (Lipinski definition) is 4. The average molecular weight is 493 g/mol. The SMILES string of the molecule is CC(C)CCNC(=O)c1cc(S(=O)(=O)N2C[C@H](C)C[C@@H](C)C2)ccc1Sc1ccc(F)cc1. The topological polar surface area (TPSA) is 66.5 Å². The Morgan fingerprint density at radius 3 is 2.36 bits per heavy atom. The lowest BCUT2D eigenvalue weighted by Crippen LogP contribution is -2.42. The van der Waals surface area contributed by atoms with E-state index in [0.717, 1.165) is 17.7 Å². The van der Waals surface area contributed by atoms with E-state index in [9.17, 15) is 17.6 Å². The summed E-state index contributed by atoms with van der Waals surface area (Å²) in [5.41, 5.74) is 0.312. The summed E-state index contributed by atoms with van der Waals surface area (Å²) < 4.78 is 41.7. The summed E-state index contributed by atoms with van der Waals surface area (Å²) in [6, 6.07) is 10.7. The van der Waals surface area contributed by atoms with E-state index < -0.39 is 10.0 Å². The Morgan fingerprint density at radius 2 is 1.76 bits per heavy atom. The van der Waals surface area contributed by atoms with Gasteiger partial charge in [0.05, 0.1) is 10.5 Å². The van der Waals surface area contributed by atoms with Crippen molar-refractivity contribution in [2.75, 3.05) is 19.6 Å². The van der Waals surface area contributed by atoms with Crippen LogP contribution in [-0.2, 0) is 10.0 Å². The van der Waals surface area contributed by atoms with Crippen LogP contribution in [0.15, 0.2) is 57.2 Å². The van der Waals surface area contributed by atoms with E-state index >= 15 is 0 Å². The molecule has 0 saturated carbocycles. The molecule has 1 saturated heterocycles. The fourth-order valence-corrected chi connectivity index (χ4v) is 6.72. The van der Waals surface area contributed by atoms with Gasteiger partial charge >= 0.3 is 0 Å². The van der Waals surface area contributed by atoms with E-state index in [1.807, 2.05) is 0 Å². The Labute approximate surface area is 201 Å². The lowest BCUT2D eigenvalue weighted by Gasteiger charge is -2.34. The van der Waals surface area contributed by atoms with Crippen molar-refractivity contribution >= 4 is 27.7 Å². The number of hydrogen-bond donors (Lipinski definition) is 1. The molecule has 1 N–H and O–H groups in total. The molecule has 0 spiro atoms. The molecule has 5 nitrogen and oxygen atoms in total. The van der Waals surface area contributed by atoms with Crippen LogP contribution in [0.4, 0.5) is 4.39 Å². The van der Waals surface area contributed by atoms with E-state index in [1.165, 1.54) is 34.3 Å². The smallest absolute Gasteiger partial charge is 0.252 e. The third-order valence-corrected chi connectivity index (χ3v) is 8.63. The van der Waals surface area contributed by atoms with Crippen LogP contribution in [0.25, 0.3) is 0 Å². The maximum atomic E-state index is 13.4. The first-order chi connectivity index (χ1) is 15.6. The lowest BCUT2D eigenvalue weighted by atomic mass is 9.94. The van der Waals surface area contributed by atoms with Crippen molar-refractivity contribution in [1.82, 2.24) is 9.62 Å². The summed E-state index contributed by atoms with van der Waals surface area (Å²) in [5.74, 6) is 0.370. The van der Waals surface area contributed by atoms with Gasteiger partial charge < -0.3 is 5.32 Å². The van der Waals surface area contributed by atoms with Gasteiger partial charge in [-0.15, -0.1) is 0 Å². The molecule has 0 radical (unpaired) electrons. The molecule has 1 aliphatic heterocycles. The van der Waals surface area contributed by atoms with Crippen LogP contribution >= 0.6 is 11.8 Å². The largest absolute Gasteiger partial charge is 0.352 e. The Morgan fingerprint density at radius 1 is 1.12 bits per heavy atom. The molecule has 0 aromatic heterocycles. The fraction of sp³-hybridized carbons (Fsp3) is 0.480. The Balaban J connectivity index is 1.94.